The van der Waals surface area contributed by atoms with E-state index in [9.17, 15) is 0 Å². The standard InChI is InChI=1S/C102H66N8/c1-6-22-70(23-7-1)97-103-98(71-24-8-2-9-25-71)105-100(104-97)73-48-42-67(43-49-73)76-28-19-31-79(61-76)81-33-21-35-83(63-81)85-56-59-95-92(65-85)90-57-54-86(66-96(90)110(95)88-38-14-5-15-39-88)69-46-52-75(53-47-69)102-107-99(72-26-10-3-11-27-72)106-101(108-102)74-50-44-68(45-51-74)77-29-18-30-78(60-77)80-32-20-34-82(62-80)84-55-58-94-91(64-84)89-40-16-17-41-93(89)109(94)87-36-12-4-13-37-87/h1-66H. The highest BCUT2D eigenvalue weighted by Gasteiger charge is 2.20. The molecule has 0 spiro atoms. The van der Waals surface area contributed by atoms with E-state index in [2.05, 4.69) is 331 Å². The number of nitrogens with zero attached hydrogens (tertiary/aromatic N) is 8. The van der Waals surface area contributed by atoms with Gasteiger partial charge in [-0.3, -0.25) is 0 Å². The Hall–Kier alpha value is -14.9. The first-order valence-corrected chi connectivity index (χ1v) is 37.1. The summed E-state index contributed by atoms with van der Waals surface area (Å²) in [6.07, 6.45) is 0. The highest BCUT2D eigenvalue weighted by atomic mass is 15.0. The van der Waals surface area contributed by atoms with Crippen LogP contribution < -0.4 is 0 Å². The highest BCUT2D eigenvalue weighted by Crippen LogP contribution is 2.42. The fraction of sp³-hybridized carbons (Fsp3) is 0. The Balaban J connectivity index is 0.569. The van der Waals surface area contributed by atoms with Crippen molar-refractivity contribution in [3.05, 3.63) is 400 Å². The molecule has 0 amide bonds. The van der Waals surface area contributed by atoms with E-state index in [-0.39, 0.29) is 0 Å². The molecule has 0 radical (unpaired) electrons. The molecule has 514 valence electrons. The minimum absolute atomic E-state index is 0.601. The van der Waals surface area contributed by atoms with Gasteiger partial charge in [-0.1, -0.05) is 315 Å². The lowest BCUT2D eigenvalue weighted by Gasteiger charge is -2.11. The van der Waals surface area contributed by atoms with Crippen LogP contribution in [0.3, 0.4) is 0 Å². The van der Waals surface area contributed by atoms with Gasteiger partial charge in [0.15, 0.2) is 34.9 Å². The predicted octanol–water partition coefficient (Wildman–Crippen LogP) is 25.9. The minimum Gasteiger partial charge on any atom is -0.309 e. The molecule has 8 heteroatoms. The van der Waals surface area contributed by atoms with Crippen LogP contribution in [0, 0.1) is 0 Å². The van der Waals surface area contributed by atoms with Crippen molar-refractivity contribution in [3.63, 3.8) is 0 Å². The summed E-state index contributed by atoms with van der Waals surface area (Å²) in [7, 11) is 0. The smallest absolute Gasteiger partial charge is 0.164 e. The van der Waals surface area contributed by atoms with Crippen LogP contribution in [0.4, 0.5) is 0 Å². The maximum absolute atomic E-state index is 5.21. The molecule has 20 aromatic rings. The van der Waals surface area contributed by atoms with Crippen LogP contribution in [0.15, 0.2) is 400 Å². The maximum Gasteiger partial charge on any atom is 0.164 e. The van der Waals surface area contributed by atoms with Gasteiger partial charge in [0.2, 0.25) is 0 Å². The average molecular weight is 1400 g/mol. The monoisotopic (exact) mass is 1400 g/mol. The van der Waals surface area contributed by atoms with Crippen molar-refractivity contribution in [1.82, 2.24) is 39.0 Å². The first-order valence-electron chi connectivity index (χ1n) is 37.1. The molecule has 8 nitrogen and oxygen atoms in total. The second-order valence-electron chi connectivity index (χ2n) is 27.8. The summed E-state index contributed by atoms with van der Waals surface area (Å²) in [5.74, 6) is 3.72. The van der Waals surface area contributed by atoms with Crippen LogP contribution in [0.5, 0.6) is 0 Å². The lowest BCUT2D eigenvalue weighted by Crippen LogP contribution is -2.00. The number of hydrogen-bond donors (Lipinski definition) is 0. The zero-order valence-electron chi connectivity index (χ0n) is 59.7. The van der Waals surface area contributed by atoms with E-state index in [1.54, 1.807) is 0 Å². The topological polar surface area (TPSA) is 87.2 Å². The molecule has 4 aromatic heterocycles. The molecule has 4 heterocycles. The van der Waals surface area contributed by atoms with E-state index in [0.717, 1.165) is 123 Å². The normalized spacial score (nSPS) is 11.5. The number of rotatable bonds is 15. The molecule has 0 saturated carbocycles. The summed E-state index contributed by atoms with van der Waals surface area (Å²) < 4.78 is 4.76. The summed E-state index contributed by atoms with van der Waals surface area (Å²) in [5.41, 5.74) is 28.3. The third-order valence-corrected chi connectivity index (χ3v) is 21.0. The first-order chi connectivity index (χ1) is 54.5. The maximum atomic E-state index is 5.21. The molecule has 0 N–H and O–H groups in total. The molecule has 0 aliphatic carbocycles. The van der Waals surface area contributed by atoms with Gasteiger partial charge in [-0.05, 0) is 163 Å². The molecule has 110 heavy (non-hydrogen) atoms. The molecule has 16 aromatic carbocycles. The van der Waals surface area contributed by atoms with Crippen molar-refractivity contribution in [3.8, 4) is 158 Å². The second-order valence-corrected chi connectivity index (χ2v) is 27.8. The van der Waals surface area contributed by atoms with Crippen LogP contribution in [0.25, 0.3) is 201 Å². The first kappa shape index (κ1) is 64.7. The number of aromatic nitrogens is 8. The molecule has 0 aliphatic heterocycles. The fourth-order valence-electron chi connectivity index (χ4n) is 15.5. The molecular weight excluding hydrogens is 1340 g/mol. The SMILES string of the molecule is c1ccc(-c2nc(-c3ccccc3)nc(-c3ccc(-c4cccc(-c5cccc(-c6ccc7c(c6)c6ccc(-c8ccc(-c9nc(-c%10ccccc%10)nc(-c%10ccc(-c%11cccc(-c%12cccc(-c%13ccc%14c(c%13)c%13ccccc%13n%14-c%13ccccc%13)c%12)c%11)cc%10)n9)cc8)cc6n7-c6ccccc6)c5)c4)cc3)n2)cc1. The summed E-state index contributed by atoms with van der Waals surface area (Å²) in [4.78, 5) is 30.3. The number of para-hydroxylation sites is 3. The Morgan fingerprint density at radius 3 is 0.691 bits per heavy atom. The van der Waals surface area contributed by atoms with Gasteiger partial charge in [-0.2, -0.15) is 0 Å². The molecule has 0 fully saturated rings. The van der Waals surface area contributed by atoms with E-state index in [0.29, 0.717) is 34.9 Å². The highest BCUT2D eigenvalue weighted by molar-refractivity contribution is 6.12. The van der Waals surface area contributed by atoms with Gasteiger partial charge in [0, 0.05) is 66.3 Å². The lowest BCUT2D eigenvalue weighted by atomic mass is 9.95. The van der Waals surface area contributed by atoms with E-state index < -0.39 is 0 Å². The molecule has 0 atom stereocenters. The van der Waals surface area contributed by atoms with Crippen LogP contribution >= 0.6 is 0 Å². The van der Waals surface area contributed by atoms with E-state index in [1.165, 1.54) is 43.7 Å². The van der Waals surface area contributed by atoms with Gasteiger partial charge in [0.1, 0.15) is 0 Å². The number of fused-ring (bicyclic) bond motifs is 6. The Morgan fingerprint density at radius 2 is 0.345 bits per heavy atom. The molecule has 0 saturated heterocycles. The van der Waals surface area contributed by atoms with Gasteiger partial charge < -0.3 is 9.13 Å². The fourth-order valence-corrected chi connectivity index (χ4v) is 15.5. The van der Waals surface area contributed by atoms with Crippen LogP contribution in [0.2, 0.25) is 0 Å². The largest absolute Gasteiger partial charge is 0.309 e. The van der Waals surface area contributed by atoms with Crippen molar-refractivity contribution >= 4 is 43.6 Å². The van der Waals surface area contributed by atoms with Crippen LogP contribution in [-0.2, 0) is 0 Å². The Kier molecular flexibility index (Phi) is 16.4. The Bertz CT molecular complexity index is 6780. The van der Waals surface area contributed by atoms with E-state index in [1.807, 2.05) is 78.9 Å². The molecule has 0 bridgehead atoms. The zero-order valence-corrected chi connectivity index (χ0v) is 59.7. The van der Waals surface area contributed by atoms with Gasteiger partial charge in [-0.25, -0.2) is 29.9 Å². The third-order valence-electron chi connectivity index (χ3n) is 21.0. The molecule has 0 unspecified atom stereocenters. The number of hydrogen-bond acceptors (Lipinski definition) is 6. The van der Waals surface area contributed by atoms with Crippen molar-refractivity contribution in [2.24, 2.45) is 0 Å². The lowest BCUT2D eigenvalue weighted by molar-refractivity contribution is 1.07. The van der Waals surface area contributed by atoms with Crippen molar-refractivity contribution in [1.29, 1.82) is 0 Å². The van der Waals surface area contributed by atoms with Crippen LogP contribution in [-0.4, -0.2) is 39.0 Å². The van der Waals surface area contributed by atoms with E-state index in [4.69, 9.17) is 29.9 Å². The molecule has 0 aliphatic rings. The van der Waals surface area contributed by atoms with Gasteiger partial charge in [-0.15, -0.1) is 0 Å². The van der Waals surface area contributed by atoms with Crippen LogP contribution in [0.1, 0.15) is 0 Å². The minimum atomic E-state index is 0.601. The third kappa shape index (κ3) is 12.3. The second kappa shape index (κ2) is 27.9. The van der Waals surface area contributed by atoms with Crippen molar-refractivity contribution < 1.29 is 0 Å². The van der Waals surface area contributed by atoms with Crippen molar-refractivity contribution in [2.45, 2.75) is 0 Å². The summed E-state index contributed by atoms with van der Waals surface area (Å²) in [6.45, 7) is 0. The Morgan fingerprint density at radius 1 is 0.127 bits per heavy atom. The Labute approximate surface area is 636 Å². The molecular formula is C102H66N8. The van der Waals surface area contributed by atoms with Gasteiger partial charge in [0.05, 0.1) is 22.1 Å². The number of benzene rings is 16. The average Bonchev–Trinajstić information content (AvgIpc) is 1.58. The predicted molar refractivity (Wildman–Crippen MR) is 453 cm³/mol. The zero-order chi connectivity index (χ0) is 72.9. The van der Waals surface area contributed by atoms with Gasteiger partial charge >= 0.3 is 0 Å². The molecule has 20 rings (SSSR count). The quantitative estimate of drug-likeness (QED) is 0.102. The van der Waals surface area contributed by atoms with E-state index >= 15 is 0 Å². The summed E-state index contributed by atoms with van der Waals surface area (Å²) >= 11 is 0. The van der Waals surface area contributed by atoms with Gasteiger partial charge in [0.25, 0.3) is 0 Å². The summed E-state index contributed by atoms with van der Waals surface area (Å²) in [5, 5.41) is 4.83. The van der Waals surface area contributed by atoms with Crippen molar-refractivity contribution in [2.75, 3.05) is 0 Å². The summed E-state index contributed by atoms with van der Waals surface area (Å²) in [6, 6.07) is 142.